The molecule has 2 aromatic heterocycles. The number of fused-ring (bicyclic) bond motifs is 1. The number of amides is 1. The van der Waals surface area contributed by atoms with Crippen molar-refractivity contribution >= 4 is 16.8 Å². The summed E-state index contributed by atoms with van der Waals surface area (Å²) in [5, 5.41) is 3.87. The number of hydrogen-bond acceptors (Lipinski definition) is 4. The van der Waals surface area contributed by atoms with Gasteiger partial charge in [0.05, 0.1) is 12.9 Å². The molecule has 2 heterocycles. The fraction of sp³-hybridized carbons (Fsp3) is 0.222. The van der Waals surface area contributed by atoms with Gasteiger partial charge in [0.25, 0.3) is 5.91 Å². The molecule has 0 fully saturated rings. The highest BCUT2D eigenvalue weighted by molar-refractivity contribution is 5.92. The number of rotatable bonds is 6. The van der Waals surface area contributed by atoms with Gasteiger partial charge in [0.2, 0.25) is 0 Å². The highest BCUT2D eigenvalue weighted by atomic mass is 16.5. The Balaban J connectivity index is 1.48. The van der Waals surface area contributed by atoms with Crippen LogP contribution in [0.25, 0.3) is 10.9 Å². The molecule has 0 aliphatic rings. The summed E-state index contributed by atoms with van der Waals surface area (Å²) in [4.78, 5) is 16.2. The maximum absolute atomic E-state index is 11.9. The van der Waals surface area contributed by atoms with E-state index in [1.165, 1.54) is 6.26 Å². The summed E-state index contributed by atoms with van der Waals surface area (Å²) in [6.07, 6.45) is 3.97. The van der Waals surface area contributed by atoms with Gasteiger partial charge in [-0.1, -0.05) is 18.2 Å². The molecule has 0 saturated heterocycles. The molecule has 3 rings (SSSR count). The van der Waals surface area contributed by atoms with Crippen molar-refractivity contribution in [3.05, 3.63) is 60.2 Å². The van der Waals surface area contributed by atoms with Gasteiger partial charge in [-0.2, -0.15) is 0 Å². The summed E-state index contributed by atoms with van der Waals surface area (Å²) >= 11 is 0. The number of aromatic nitrogens is 1. The van der Waals surface area contributed by atoms with E-state index < -0.39 is 0 Å². The lowest BCUT2D eigenvalue weighted by atomic mass is 10.2. The molecule has 0 spiro atoms. The van der Waals surface area contributed by atoms with Crippen LogP contribution in [0, 0.1) is 6.92 Å². The fourth-order valence-electron chi connectivity index (χ4n) is 2.33. The lowest BCUT2D eigenvalue weighted by molar-refractivity contribution is 0.0923. The molecule has 23 heavy (non-hydrogen) atoms. The Morgan fingerprint density at radius 1 is 1.26 bits per heavy atom. The Labute approximate surface area is 134 Å². The minimum Gasteiger partial charge on any atom is -0.491 e. The van der Waals surface area contributed by atoms with Gasteiger partial charge < -0.3 is 14.5 Å². The Hall–Kier alpha value is -2.82. The van der Waals surface area contributed by atoms with Crippen molar-refractivity contribution in [2.75, 3.05) is 13.2 Å². The van der Waals surface area contributed by atoms with E-state index >= 15 is 0 Å². The van der Waals surface area contributed by atoms with E-state index in [0.29, 0.717) is 25.3 Å². The molecule has 1 aromatic carbocycles. The summed E-state index contributed by atoms with van der Waals surface area (Å²) in [6, 6.07) is 11.5. The smallest absolute Gasteiger partial charge is 0.287 e. The Kier molecular flexibility index (Phi) is 4.57. The van der Waals surface area contributed by atoms with Crippen LogP contribution in [-0.2, 0) is 0 Å². The lowest BCUT2D eigenvalue weighted by Crippen LogP contribution is -2.25. The van der Waals surface area contributed by atoms with Crippen molar-refractivity contribution in [2.24, 2.45) is 0 Å². The number of carbonyl (C=O) groups is 1. The summed E-state index contributed by atoms with van der Waals surface area (Å²) in [5.74, 6) is 0.930. The van der Waals surface area contributed by atoms with Crippen LogP contribution < -0.4 is 10.1 Å². The molecule has 0 atom stereocenters. The second-order valence-corrected chi connectivity index (χ2v) is 5.22. The largest absolute Gasteiger partial charge is 0.491 e. The van der Waals surface area contributed by atoms with Crippen LogP contribution in [0.5, 0.6) is 5.75 Å². The first kappa shape index (κ1) is 15.1. The molecule has 5 heteroatoms. The Morgan fingerprint density at radius 3 is 2.96 bits per heavy atom. The summed E-state index contributed by atoms with van der Waals surface area (Å²) < 4.78 is 10.9. The number of aryl methyl sites for hydroxylation is 1. The number of para-hydroxylation sites is 1. The number of ether oxygens (including phenoxy) is 1. The number of furan rings is 1. The van der Waals surface area contributed by atoms with Crippen molar-refractivity contribution < 1.29 is 13.9 Å². The number of pyridine rings is 1. The molecular weight excluding hydrogens is 292 g/mol. The van der Waals surface area contributed by atoms with Gasteiger partial charge in [-0.05, 0) is 31.5 Å². The molecule has 3 aromatic rings. The molecule has 1 N–H and O–H groups in total. The monoisotopic (exact) mass is 310 g/mol. The Bertz CT molecular complexity index is 805. The molecule has 1 amide bonds. The summed E-state index contributed by atoms with van der Waals surface area (Å²) in [5.41, 5.74) is 1.69. The van der Waals surface area contributed by atoms with E-state index in [1.807, 2.05) is 37.3 Å². The number of carbonyl (C=O) groups excluding carboxylic acids is 1. The zero-order valence-electron chi connectivity index (χ0n) is 12.9. The molecule has 0 aliphatic carbocycles. The van der Waals surface area contributed by atoms with Crippen molar-refractivity contribution in [1.29, 1.82) is 0 Å². The highest BCUT2D eigenvalue weighted by Crippen LogP contribution is 2.22. The predicted octanol–water partition coefficient (Wildman–Crippen LogP) is 3.34. The van der Waals surface area contributed by atoms with Crippen molar-refractivity contribution in [1.82, 2.24) is 10.3 Å². The molecule has 0 unspecified atom stereocenters. The first-order chi connectivity index (χ1) is 11.3. The van der Waals surface area contributed by atoms with E-state index in [1.54, 1.807) is 12.3 Å². The minimum atomic E-state index is -0.195. The van der Waals surface area contributed by atoms with Crippen LogP contribution in [0.3, 0.4) is 0 Å². The van der Waals surface area contributed by atoms with E-state index in [9.17, 15) is 4.79 Å². The van der Waals surface area contributed by atoms with E-state index in [-0.39, 0.29) is 5.91 Å². The molecule has 118 valence electrons. The molecule has 0 saturated carbocycles. The van der Waals surface area contributed by atoms with Crippen LogP contribution in [0.4, 0.5) is 0 Å². The van der Waals surface area contributed by atoms with Crippen LogP contribution in [0.15, 0.2) is 53.3 Å². The predicted molar refractivity (Wildman–Crippen MR) is 87.6 cm³/mol. The standard InChI is InChI=1S/C18H18N2O3/c1-13-8-12-23-17(13)18(21)20-10-4-11-22-15-7-2-5-14-6-3-9-19-16(14)15/h2-3,5-9,12H,4,10-11H2,1H3,(H,20,21). The number of hydrogen-bond donors (Lipinski definition) is 1. The van der Waals surface area contributed by atoms with Crippen LogP contribution in [-0.4, -0.2) is 24.0 Å². The quantitative estimate of drug-likeness (QED) is 0.709. The maximum Gasteiger partial charge on any atom is 0.287 e. The number of benzene rings is 1. The average Bonchev–Trinajstić information content (AvgIpc) is 3.00. The zero-order valence-corrected chi connectivity index (χ0v) is 12.9. The van der Waals surface area contributed by atoms with Gasteiger partial charge in [0.15, 0.2) is 5.76 Å². The molecule has 0 aliphatic heterocycles. The molecule has 5 nitrogen and oxygen atoms in total. The van der Waals surface area contributed by atoms with Gasteiger partial charge in [-0.15, -0.1) is 0 Å². The van der Waals surface area contributed by atoms with Gasteiger partial charge in [0.1, 0.15) is 11.3 Å². The molecular formula is C18H18N2O3. The van der Waals surface area contributed by atoms with Crippen LogP contribution in [0.2, 0.25) is 0 Å². The average molecular weight is 310 g/mol. The summed E-state index contributed by atoms with van der Waals surface area (Å²) in [6.45, 7) is 2.87. The lowest BCUT2D eigenvalue weighted by Gasteiger charge is -2.09. The second-order valence-electron chi connectivity index (χ2n) is 5.22. The van der Waals surface area contributed by atoms with Gasteiger partial charge >= 0.3 is 0 Å². The molecule has 0 bridgehead atoms. The third-order valence-electron chi connectivity index (χ3n) is 3.53. The maximum atomic E-state index is 11.9. The normalized spacial score (nSPS) is 10.7. The van der Waals surface area contributed by atoms with E-state index in [4.69, 9.17) is 9.15 Å². The first-order valence-electron chi connectivity index (χ1n) is 7.54. The van der Waals surface area contributed by atoms with Gasteiger partial charge in [0, 0.05) is 23.7 Å². The fourth-order valence-corrected chi connectivity index (χ4v) is 2.33. The third kappa shape index (κ3) is 3.51. The molecule has 0 radical (unpaired) electrons. The Morgan fingerprint density at radius 2 is 2.13 bits per heavy atom. The minimum absolute atomic E-state index is 0.195. The van der Waals surface area contributed by atoms with Crippen LogP contribution >= 0.6 is 0 Å². The van der Waals surface area contributed by atoms with Gasteiger partial charge in [-0.25, -0.2) is 0 Å². The topological polar surface area (TPSA) is 64.4 Å². The van der Waals surface area contributed by atoms with Crippen molar-refractivity contribution in [2.45, 2.75) is 13.3 Å². The second kappa shape index (κ2) is 6.96. The third-order valence-corrected chi connectivity index (χ3v) is 3.53. The first-order valence-corrected chi connectivity index (χ1v) is 7.54. The van der Waals surface area contributed by atoms with Crippen LogP contribution in [0.1, 0.15) is 22.5 Å². The SMILES string of the molecule is Cc1ccoc1C(=O)NCCCOc1cccc2cccnc12. The van der Waals surface area contributed by atoms with Crippen molar-refractivity contribution in [3.8, 4) is 5.75 Å². The van der Waals surface area contributed by atoms with Crippen molar-refractivity contribution in [3.63, 3.8) is 0 Å². The van der Waals surface area contributed by atoms with E-state index in [0.717, 1.165) is 22.2 Å². The highest BCUT2D eigenvalue weighted by Gasteiger charge is 2.11. The van der Waals surface area contributed by atoms with E-state index in [2.05, 4.69) is 10.3 Å². The summed E-state index contributed by atoms with van der Waals surface area (Å²) in [7, 11) is 0. The zero-order chi connectivity index (χ0) is 16.1. The number of nitrogens with zero attached hydrogens (tertiary/aromatic N) is 1. The van der Waals surface area contributed by atoms with Gasteiger partial charge in [-0.3, -0.25) is 9.78 Å². The number of nitrogens with one attached hydrogen (secondary N) is 1.